The van der Waals surface area contributed by atoms with Crippen molar-refractivity contribution in [2.45, 2.75) is 11.4 Å². The van der Waals surface area contributed by atoms with E-state index in [1.165, 1.54) is 12.1 Å². The number of fused-ring (bicyclic) bond motifs is 1. The summed E-state index contributed by atoms with van der Waals surface area (Å²) in [5.74, 6) is 0.880. The minimum Gasteiger partial charge on any atom is -0.468 e. The van der Waals surface area contributed by atoms with Crippen LogP contribution in [0.5, 0.6) is 0 Å². The number of hydrogen-bond donors (Lipinski definition) is 3. The fourth-order valence-electron chi connectivity index (χ4n) is 5.01. The molecule has 12 heteroatoms. The average molecular weight is 573 g/mol. The van der Waals surface area contributed by atoms with E-state index in [1.807, 2.05) is 29.2 Å². The Balaban J connectivity index is 1.14. The summed E-state index contributed by atoms with van der Waals surface area (Å²) in [5, 5.41) is 8.35. The normalized spacial score (nSPS) is 14.4. The van der Waals surface area contributed by atoms with Crippen molar-refractivity contribution in [1.82, 2.24) is 19.4 Å². The number of aromatic amines is 1. The van der Waals surface area contributed by atoms with Crippen molar-refractivity contribution in [2.75, 3.05) is 31.5 Å². The first kappa shape index (κ1) is 26.6. The lowest BCUT2D eigenvalue weighted by atomic mass is 10.1. The van der Waals surface area contributed by atoms with Crippen molar-refractivity contribution in [3.05, 3.63) is 107 Å². The standard InChI is InChI=1S/C29H28N6O5S/c30-41(38,39)25-10-5-21(6-11-25)31-22-7-12-27-26(18-22)32-29(37)35(27)23-8-3-20(4-9-23)28(36)34-15-13-33(14-16-34)19-24-2-1-17-40-24/h1-12,17-18,31H,13-16,19H2,(H,32,37)(H2,30,38,39). The number of rotatable bonds is 7. The van der Waals surface area contributed by atoms with Crippen LogP contribution < -0.4 is 16.1 Å². The number of imidazole rings is 1. The van der Waals surface area contributed by atoms with E-state index in [4.69, 9.17) is 9.56 Å². The predicted molar refractivity (Wildman–Crippen MR) is 155 cm³/mol. The molecule has 0 bridgehead atoms. The van der Waals surface area contributed by atoms with E-state index >= 15 is 0 Å². The van der Waals surface area contributed by atoms with Gasteiger partial charge in [-0.1, -0.05) is 0 Å². The Kier molecular flexibility index (Phi) is 6.95. The molecule has 1 amide bonds. The molecule has 1 aliphatic rings. The third-order valence-electron chi connectivity index (χ3n) is 7.15. The average Bonchev–Trinajstić information content (AvgIpc) is 3.59. The number of hydrogen-bond acceptors (Lipinski definition) is 7. The molecule has 0 saturated carbocycles. The van der Waals surface area contributed by atoms with Crippen molar-refractivity contribution in [1.29, 1.82) is 0 Å². The Morgan fingerprint density at radius 3 is 2.29 bits per heavy atom. The summed E-state index contributed by atoms with van der Waals surface area (Å²) in [6.07, 6.45) is 1.67. The number of furan rings is 1. The molecule has 0 aliphatic carbocycles. The smallest absolute Gasteiger partial charge is 0.331 e. The Labute approximate surface area is 235 Å². The van der Waals surface area contributed by atoms with Gasteiger partial charge in [0, 0.05) is 43.1 Å². The number of benzene rings is 3. The topological polar surface area (TPSA) is 147 Å². The number of sulfonamides is 1. The van der Waals surface area contributed by atoms with Crippen molar-refractivity contribution in [3.63, 3.8) is 0 Å². The zero-order chi connectivity index (χ0) is 28.6. The summed E-state index contributed by atoms with van der Waals surface area (Å²) in [6.45, 7) is 3.54. The molecule has 1 saturated heterocycles. The van der Waals surface area contributed by atoms with Crippen LogP contribution in [0.2, 0.25) is 0 Å². The van der Waals surface area contributed by atoms with Gasteiger partial charge in [0.15, 0.2) is 0 Å². The first-order chi connectivity index (χ1) is 19.7. The Morgan fingerprint density at radius 2 is 1.63 bits per heavy atom. The molecule has 2 aromatic heterocycles. The van der Waals surface area contributed by atoms with Crippen LogP contribution in [0.1, 0.15) is 16.1 Å². The molecule has 0 unspecified atom stereocenters. The summed E-state index contributed by atoms with van der Waals surface area (Å²) in [5.41, 5.74) is 3.57. The number of piperazine rings is 1. The minimum absolute atomic E-state index is 0.0244. The lowest BCUT2D eigenvalue weighted by Gasteiger charge is -2.34. The minimum atomic E-state index is -3.77. The molecule has 0 spiro atoms. The number of amides is 1. The summed E-state index contributed by atoms with van der Waals surface area (Å²) >= 11 is 0. The van der Waals surface area contributed by atoms with Crippen molar-refractivity contribution in [3.8, 4) is 5.69 Å². The highest BCUT2D eigenvalue weighted by atomic mass is 32.2. The largest absolute Gasteiger partial charge is 0.468 e. The number of nitrogens with two attached hydrogens (primary N) is 1. The van der Waals surface area contributed by atoms with Crippen molar-refractivity contribution in [2.24, 2.45) is 5.14 Å². The molecular formula is C29H28N6O5S. The van der Waals surface area contributed by atoms with E-state index in [0.717, 1.165) is 25.4 Å². The fourth-order valence-corrected chi connectivity index (χ4v) is 5.52. The molecule has 3 aromatic carbocycles. The molecule has 5 aromatic rings. The SMILES string of the molecule is NS(=O)(=O)c1ccc(Nc2ccc3c(c2)[nH]c(=O)n3-c2ccc(C(=O)N3CCN(Cc4ccco4)CC3)cc2)cc1. The number of H-pyrrole nitrogens is 1. The Hall–Kier alpha value is -4.65. The molecule has 6 rings (SSSR count). The second kappa shape index (κ2) is 10.7. The summed E-state index contributed by atoms with van der Waals surface area (Å²) in [6, 6.07) is 22.4. The number of carbonyl (C=O) groups is 1. The predicted octanol–water partition coefficient (Wildman–Crippen LogP) is 3.26. The van der Waals surface area contributed by atoms with Gasteiger partial charge in [-0.15, -0.1) is 0 Å². The number of carbonyl (C=O) groups excluding carboxylic acids is 1. The first-order valence-corrected chi connectivity index (χ1v) is 14.6. The van der Waals surface area contributed by atoms with Crippen LogP contribution in [0.4, 0.5) is 11.4 Å². The van der Waals surface area contributed by atoms with Gasteiger partial charge >= 0.3 is 5.69 Å². The maximum absolute atomic E-state index is 13.1. The van der Waals surface area contributed by atoms with Gasteiger partial charge in [0.25, 0.3) is 5.91 Å². The van der Waals surface area contributed by atoms with Gasteiger partial charge in [0.2, 0.25) is 10.0 Å². The lowest BCUT2D eigenvalue weighted by Crippen LogP contribution is -2.48. The van der Waals surface area contributed by atoms with E-state index in [-0.39, 0.29) is 16.5 Å². The van der Waals surface area contributed by atoms with E-state index in [2.05, 4.69) is 15.2 Å². The lowest BCUT2D eigenvalue weighted by molar-refractivity contribution is 0.0620. The molecule has 1 fully saturated rings. The molecular weight excluding hydrogens is 544 g/mol. The van der Waals surface area contributed by atoms with Crippen molar-refractivity contribution >= 4 is 38.3 Å². The van der Waals surface area contributed by atoms with Crippen LogP contribution in [0.25, 0.3) is 16.7 Å². The summed E-state index contributed by atoms with van der Waals surface area (Å²) in [7, 11) is -3.77. The monoisotopic (exact) mass is 572 g/mol. The highest BCUT2D eigenvalue weighted by Crippen LogP contribution is 2.24. The molecule has 210 valence electrons. The maximum Gasteiger partial charge on any atom is 0.331 e. The van der Waals surface area contributed by atoms with Crippen molar-refractivity contribution < 1.29 is 17.6 Å². The zero-order valence-electron chi connectivity index (χ0n) is 22.0. The highest BCUT2D eigenvalue weighted by Gasteiger charge is 2.23. The van der Waals surface area contributed by atoms with Gasteiger partial charge in [-0.25, -0.2) is 18.4 Å². The molecule has 3 heterocycles. The number of anilines is 2. The van der Waals surface area contributed by atoms with Gasteiger partial charge in [-0.05, 0) is 78.9 Å². The number of nitrogens with zero attached hydrogens (tertiary/aromatic N) is 3. The third-order valence-corrected chi connectivity index (χ3v) is 8.07. The van der Waals surface area contributed by atoms with E-state index in [1.54, 1.807) is 53.3 Å². The Bertz CT molecular complexity index is 1850. The number of nitrogens with one attached hydrogen (secondary N) is 2. The van der Waals surface area contributed by atoms with E-state index in [9.17, 15) is 18.0 Å². The van der Waals surface area contributed by atoms with Gasteiger partial charge in [0.05, 0.1) is 34.4 Å². The fraction of sp³-hybridized carbons (Fsp3) is 0.172. The number of primary sulfonamides is 1. The van der Waals surface area contributed by atoms with Crippen LogP contribution in [0.3, 0.4) is 0 Å². The maximum atomic E-state index is 13.1. The Morgan fingerprint density at radius 1 is 0.927 bits per heavy atom. The van der Waals surface area contributed by atoms with Crippen LogP contribution in [-0.4, -0.2) is 59.9 Å². The summed E-state index contributed by atoms with van der Waals surface area (Å²) < 4.78 is 29.9. The number of aromatic nitrogens is 2. The van der Waals surface area contributed by atoms with Crippen LogP contribution >= 0.6 is 0 Å². The molecule has 4 N–H and O–H groups in total. The van der Waals surface area contributed by atoms with Gasteiger partial charge in [0.1, 0.15) is 5.76 Å². The molecule has 11 nitrogen and oxygen atoms in total. The second-order valence-electron chi connectivity index (χ2n) is 9.89. The molecule has 41 heavy (non-hydrogen) atoms. The highest BCUT2D eigenvalue weighted by molar-refractivity contribution is 7.89. The van der Waals surface area contributed by atoms with Crippen LogP contribution in [-0.2, 0) is 16.6 Å². The third kappa shape index (κ3) is 5.66. The zero-order valence-corrected chi connectivity index (χ0v) is 22.8. The quantitative estimate of drug-likeness (QED) is 0.271. The first-order valence-electron chi connectivity index (χ1n) is 13.0. The summed E-state index contributed by atoms with van der Waals surface area (Å²) in [4.78, 5) is 33.0. The molecule has 0 atom stereocenters. The molecule has 1 aliphatic heterocycles. The van der Waals surface area contributed by atoms with Crippen LogP contribution in [0, 0.1) is 0 Å². The van der Waals surface area contributed by atoms with E-state index in [0.29, 0.717) is 46.7 Å². The van der Waals surface area contributed by atoms with Gasteiger partial charge < -0.3 is 19.6 Å². The van der Waals surface area contributed by atoms with E-state index < -0.39 is 10.0 Å². The molecule has 0 radical (unpaired) electrons. The second-order valence-corrected chi connectivity index (χ2v) is 11.4. The van der Waals surface area contributed by atoms with Gasteiger partial charge in [-0.3, -0.25) is 14.3 Å². The van der Waals surface area contributed by atoms with Gasteiger partial charge in [-0.2, -0.15) is 0 Å². The van der Waals surface area contributed by atoms with Crippen LogP contribution in [0.15, 0.2) is 99.2 Å².